The fourth-order valence-electron chi connectivity index (χ4n) is 5.66. The van der Waals surface area contributed by atoms with Gasteiger partial charge in [0, 0.05) is 10.9 Å². The molecular weight excluding hydrogens is 618 g/mol. The Morgan fingerprint density at radius 2 is 1.22 bits per heavy atom. The van der Waals surface area contributed by atoms with Gasteiger partial charge in [0.05, 0.1) is 19.3 Å². The van der Waals surface area contributed by atoms with Crippen LogP contribution in [0.1, 0.15) is 11.3 Å². The van der Waals surface area contributed by atoms with Gasteiger partial charge in [0.15, 0.2) is 5.50 Å². The van der Waals surface area contributed by atoms with Gasteiger partial charge >= 0.3 is 6.18 Å². The molecule has 46 heavy (non-hydrogen) atoms. The van der Waals surface area contributed by atoms with E-state index >= 15 is 0 Å². The smallest absolute Gasteiger partial charge is 0.416 e. The van der Waals surface area contributed by atoms with E-state index in [-0.39, 0.29) is 19.6 Å². The number of rotatable bonds is 7. The van der Waals surface area contributed by atoms with Gasteiger partial charge in [-0.3, -0.25) is 0 Å². The van der Waals surface area contributed by atoms with Crippen LogP contribution in [0.5, 0.6) is 5.75 Å². The maximum atomic E-state index is 13.9. The third-order valence-corrected chi connectivity index (χ3v) is 11.3. The van der Waals surface area contributed by atoms with Gasteiger partial charge in [0.25, 0.3) is 0 Å². The molecule has 5 aromatic carbocycles. The van der Waals surface area contributed by atoms with E-state index in [9.17, 15) is 18.3 Å². The molecule has 0 spiro atoms. The van der Waals surface area contributed by atoms with Gasteiger partial charge in [-0.2, -0.15) is 13.2 Å². The van der Waals surface area contributed by atoms with Crippen LogP contribution in [0.2, 0.25) is 19.6 Å². The fraction of sp³-hybridized carbons (Fsp3) is 0.132. The van der Waals surface area contributed by atoms with Crippen molar-refractivity contribution in [3.8, 4) is 50.6 Å². The first-order valence-corrected chi connectivity index (χ1v) is 19.4. The molecule has 1 unspecified atom stereocenters. The fourth-order valence-corrected chi connectivity index (χ4v) is 8.33. The highest BCUT2D eigenvalue weighted by atomic mass is 31.1. The Kier molecular flexibility index (Phi) is 8.49. The number of hydrogen-bond acceptors (Lipinski definition) is 3. The lowest BCUT2D eigenvalue weighted by molar-refractivity contribution is -0.137. The Labute approximate surface area is 269 Å². The molecule has 3 nitrogen and oxygen atoms in total. The van der Waals surface area contributed by atoms with Crippen molar-refractivity contribution in [3.63, 3.8) is 0 Å². The van der Waals surface area contributed by atoms with Crippen LogP contribution in [-0.4, -0.2) is 18.2 Å². The number of aromatic hydroxyl groups is 1. The van der Waals surface area contributed by atoms with E-state index in [1.54, 1.807) is 6.92 Å². The Morgan fingerprint density at radius 3 is 1.76 bits per heavy atom. The van der Waals surface area contributed by atoms with Crippen molar-refractivity contribution in [2.24, 2.45) is 0 Å². The Hall–Kier alpha value is -4.45. The van der Waals surface area contributed by atoms with Crippen LogP contribution >= 0.6 is 8.58 Å². The lowest BCUT2D eigenvalue weighted by Crippen LogP contribution is -2.40. The molecule has 0 aliphatic carbocycles. The summed E-state index contributed by atoms with van der Waals surface area (Å²) in [5.41, 5.74) is 7.15. The number of aryl methyl sites for hydroxylation is 1. The molecule has 0 saturated heterocycles. The number of benzene rings is 5. The summed E-state index contributed by atoms with van der Waals surface area (Å²) >= 11 is 0. The number of phenolic OH excluding ortho intramolecular Hbond substituents is 1. The largest absolute Gasteiger partial charge is 0.507 e. The first-order valence-electron chi connectivity index (χ1n) is 14.9. The highest BCUT2D eigenvalue weighted by Crippen LogP contribution is 2.44. The number of halogens is 3. The Balaban J connectivity index is 1.50. The first kappa shape index (κ1) is 31.5. The third-order valence-electron chi connectivity index (χ3n) is 7.95. The molecule has 0 bridgehead atoms. The van der Waals surface area contributed by atoms with Gasteiger partial charge < -0.3 is 9.52 Å². The third kappa shape index (κ3) is 6.30. The van der Waals surface area contributed by atoms with Crippen LogP contribution in [0.15, 0.2) is 120 Å². The number of nitrogens with zero attached hydrogens (tertiary/aromatic N) is 1. The average molecular weight is 652 g/mol. The summed E-state index contributed by atoms with van der Waals surface area (Å²) in [5, 5.41) is 11.7. The number of alkyl halides is 3. The molecule has 8 heteroatoms. The van der Waals surface area contributed by atoms with Gasteiger partial charge in [-0.15, -0.1) is 0 Å². The van der Waals surface area contributed by atoms with Crippen LogP contribution in [-0.2, 0) is 6.18 Å². The van der Waals surface area contributed by atoms with Gasteiger partial charge in [0.1, 0.15) is 5.75 Å². The van der Waals surface area contributed by atoms with E-state index in [0.29, 0.717) is 22.3 Å². The minimum absolute atomic E-state index is 0.0902. The zero-order valence-corrected chi connectivity index (χ0v) is 27.9. The second kappa shape index (κ2) is 12.4. The summed E-state index contributed by atoms with van der Waals surface area (Å²) in [6.07, 6.45) is -4.54. The van der Waals surface area contributed by atoms with E-state index in [2.05, 4.69) is 42.5 Å². The lowest BCUT2D eigenvalue weighted by atomic mass is 9.86. The minimum Gasteiger partial charge on any atom is -0.507 e. The maximum Gasteiger partial charge on any atom is 0.416 e. The highest BCUT2D eigenvalue weighted by Gasteiger charge is 2.35. The summed E-state index contributed by atoms with van der Waals surface area (Å²) in [5.74, 6) is 0.280. The second-order valence-corrected chi connectivity index (χ2v) is 18.5. The van der Waals surface area contributed by atoms with Gasteiger partial charge in [-0.05, 0) is 72.3 Å². The van der Waals surface area contributed by atoms with Crippen molar-refractivity contribution < 1.29 is 22.7 Å². The molecule has 1 aromatic heterocycles. The number of oxazole rings is 1. The summed E-state index contributed by atoms with van der Waals surface area (Å²) in [4.78, 5) is 4.79. The van der Waals surface area contributed by atoms with Crippen LogP contribution in [0.4, 0.5) is 13.2 Å². The van der Waals surface area contributed by atoms with Crippen LogP contribution in [0.25, 0.3) is 44.8 Å². The summed E-state index contributed by atoms with van der Waals surface area (Å²) in [7, 11) is -2.65. The molecule has 0 amide bonds. The summed E-state index contributed by atoms with van der Waals surface area (Å²) in [6.45, 7) is 7.54. The molecule has 0 radical (unpaired) electrons. The van der Waals surface area contributed by atoms with E-state index < -0.39 is 19.8 Å². The number of hydrogen-bond donors (Lipinski definition) is 1. The van der Waals surface area contributed by atoms with E-state index in [1.165, 1.54) is 0 Å². The molecule has 0 saturated carbocycles. The van der Waals surface area contributed by atoms with E-state index in [4.69, 9.17) is 9.40 Å². The monoisotopic (exact) mass is 651 g/mol. The quantitative estimate of drug-likeness (QED) is 0.138. The standard InChI is InChI=1S/C38H33F3NO2PSi/c1-24-37(45-32-22-27(38(39,40)41)23-33(35(32)43)46(2,3)4)44-36(42-24)31-19-12-11-18-30(31)34-28(25-14-7-5-8-15-25)20-13-21-29(34)26-16-9-6-10-17-26/h5-23,43,45H,1-4H3. The van der Waals surface area contributed by atoms with Crippen molar-refractivity contribution in [2.75, 3.05) is 0 Å². The second-order valence-electron chi connectivity index (χ2n) is 12.2. The van der Waals surface area contributed by atoms with Crippen LogP contribution in [0.3, 0.4) is 0 Å². The maximum absolute atomic E-state index is 13.9. The topological polar surface area (TPSA) is 46.3 Å². The predicted octanol–water partition coefficient (Wildman–Crippen LogP) is 9.55. The molecule has 1 N–H and O–H groups in total. The van der Waals surface area contributed by atoms with Crippen molar-refractivity contribution in [1.82, 2.24) is 4.98 Å². The zero-order chi connectivity index (χ0) is 32.6. The van der Waals surface area contributed by atoms with Crippen LogP contribution in [0, 0.1) is 6.92 Å². The molecule has 6 rings (SSSR count). The first-order chi connectivity index (χ1) is 21.9. The SMILES string of the molecule is Cc1nc(-c2ccccc2-c2c(-c3ccccc3)cccc2-c2ccccc2)oc1Pc1cc(C(F)(F)F)cc([Si](C)(C)C)c1O. The summed E-state index contributed by atoms with van der Waals surface area (Å²) in [6, 6.07) is 36.7. The van der Waals surface area contributed by atoms with E-state index in [1.807, 2.05) is 80.3 Å². The van der Waals surface area contributed by atoms with Crippen molar-refractivity contribution in [3.05, 3.63) is 127 Å². The molecule has 0 aliphatic heterocycles. The zero-order valence-electron chi connectivity index (χ0n) is 25.9. The van der Waals surface area contributed by atoms with E-state index in [0.717, 1.165) is 51.1 Å². The number of aromatic nitrogens is 1. The predicted molar refractivity (Wildman–Crippen MR) is 187 cm³/mol. The average Bonchev–Trinajstić information content (AvgIpc) is 3.40. The molecule has 232 valence electrons. The van der Waals surface area contributed by atoms with Gasteiger partial charge in [0.2, 0.25) is 5.89 Å². The normalized spacial score (nSPS) is 12.2. The molecule has 1 heterocycles. The Morgan fingerprint density at radius 1 is 0.696 bits per heavy atom. The molecule has 1 atom stereocenters. The number of phenols is 1. The van der Waals surface area contributed by atoms with Crippen molar-refractivity contribution in [2.45, 2.75) is 32.7 Å². The molecule has 0 fully saturated rings. The van der Waals surface area contributed by atoms with Crippen LogP contribution < -0.4 is 16.0 Å². The molecular formula is C38H33F3NO2PSi. The lowest BCUT2D eigenvalue weighted by Gasteiger charge is -2.22. The van der Waals surface area contributed by atoms with Gasteiger partial charge in [-0.1, -0.05) is 117 Å². The molecule has 0 aliphatic rings. The Bertz CT molecular complexity index is 1960. The minimum atomic E-state index is -4.54. The van der Waals surface area contributed by atoms with Gasteiger partial charge in [-0.25, -0.2) is 4.98 Å². The van der Waals surface area contributed by atoms with Crippen molar-refractivity contribution in [1.29, 1.82) is 0 Å². The van der Waals surface area contributed by atoms with Crippen molar-refractivity contribution >= 4 is 32.6 Å². The molecule has 6 aromatic rings. The highest BCUT2D eigenvalue weighted by molar-refractivity contribution is 7.55. The summed E-state index contributed by atoms with van der Waals surface area (Å²) < 4.78 is 48.2.